The first kappa shape index (κ1) is 21.6. The van der Waals surface area contributed by atoms with Gasteiger partial charge in [-0.25, -0.2) is 0 Å². The average molecular weight is 430 g/mol. The lowest BCUT2D eigenvalue weighted by Gasteiger charge is -2.40. The van der Waals surface area contributed by atoms with Gasteiger partial charge in [-0.3, -0.25) is 9.78 Å². The zero-order valence-corrected chi connectivity index (χ0v) is 17.4. The van der Waals surface area contributed by atoms with Crippen LogP contribution in [0.15, 0.2) is 30.5 Å². The Bertz CT molecular complexity index is 1010. The normalized spacial score (nSPS) is 22.9. The van der Waals surface area contributed by atoms with Crippen molar-refractivity contribution in [2.24, 2.45) is 17.8 Å². The molecule has 0 spiro atoms. The van der Waals surface area contributed by atoms with Gasteiger partial charge in [0, 0.05) is 56.3 Å². The molecule has 2 aliphatic heterocycles. The number of halogens is 3. The number of piperidine rings is 1. The van der Waals surface area contributed by atoms with Crippen LogP contribution in [0.3, 0.4) is 0 Å². The van der Waals surface area contributed by atoms with Gasteiger partial charge in [-0.15, -0.1) is 0 Å². The molecule has 31 heavy (non-hydrogen) atoms. The highest BCUT2D eigenvalue weighted by Gasteiger charge is 2.45. The molecule has 2 unspecified atom stereocenters. The fourth-order valence-corrected chi connectivity index (χ4v) is 4.99. The van der Waals surface area contributed by atoms with Gasteiger partial charge in [0.25, 0.3) is 0 Å². The lowest BCUT2D eigenvalue weighted by atomic mass is 9.83. The summed E-state index contributed by atoms with van der Waals surface area (Å²) in [6.45, 7) is 1.98. The second-order valence-electron chi connectivity index (χ2n) is 8.92. The van der Waals surface area contributed by atoms with Gasteiger partial charge in [-0.05, 0) is 49.6 Å². The van der Waals surface area contributed by atoms with Gasteiger partial charge in [0.05, 0.1) is 17.0 Å². The van der Waals surface area contributed by atoms with Crippen LogP contribution >= 0.6 is 0 Å². The van der Waals surface area contributed by atoms with Crippen molar-refractivity contribution in [3.63, 3.8) is 0 Å². The average Bonchev–Trinajstić information content (AvgIpc) is 2.71. The lowest BCUT2D eigenvalue weighted by molar-refractivity contribution is -0.179. The van der Waals surface area contributed by atoms with Crippen molar-refractivity contribution < 1.29 is 18.0 Å². The standard InChI is InChI=1S/C23H25F3N4O/c1-29-11-16(12-29)9-19(31)8-15-7-18(23(24,25)26)14-30(13-15)21-5-4-17(10-27)22-20(21)3-2-6-28-22/h2-6,15-16,18H,7-9,11-14H2,1H3. The maximum atomic E-state index is 13.7. The van der Waals surface area contributed by atoms with Crippen LogP contribution in [0.2, 0.25) is 0 Å². The van der Waals surface area contributed by atoms with E-state index in [1.54, 1.807) is 35.4 Å². The van der Waals surface area contributed by atoms with E-state index in [1.165, 1.54) is 0 Å². The van der Waals surface area contributed by atoms with Crippen molar-refractivity contribution in [3.8, 4) is 6.07 Å². The quantitative estimate of drug-likeness (QED) is 0.717. The third-order valence-electron chi connectivity index (χ3n) is 6.38. The molecule has 3 heterocycles. The number of Topliss-reactive ketones (excluding diaryl/α,β-unsaturated/α-hetero) is 1. The first-order valence-electron chi connectivity index (χ1n) is 10.5. The second-order valence-corrected chi connectivity index (χ2v) is 8.92. The number of anilines is 1. The molecule has 164 valence electrons. The van der Waals surface area contributed by atoms with Crippen molar-refractivity contribution in [1.82, 2.24) is 9.88 Å². The van der Waals surface area contributed by atoms with E-state index in [0.29, 0.717) is 41.0 Å². The van der Waals surface area contributed by atoms with Gasteiger partial charge in [-0.1, -0.05) is 0 Å². The number of hydrogen-bond acceptors (Lipinski definition) is 5. The van der Waals surface area contributed by atoms with Gasteiger partial charge in [-0.2, -0.15) is 18.4 Å². The summed E-state index contributed by atoms with van der Waals surface area (Å²) in [5.74, 6) is -1.47. The largest absolute Gasteiger partial charge is 0.393 e. The molecule has 0 aliphatic carbocycles. The Morgan fingerprint density at radius 3 is 2.58 bits per heavy atom. The molecule has 2 atom stereocenters. The Morgan fingerprint density at radius 1 is 1.16 bits per heavy atom. The number of rotatable bonds is 5. The maximum absolute atomic E-state index is 13.7. The van der Waals surface area contributed by atoms with Crippen LogP contribution < -0.4 is 4.90 Å². The van der Waals surface area contributed by atoms with Crippen LogP contribution in [0.1, 0.15) is 24.8 Å². The number of carbonyl (C=O) groups excluding carboxylic acids is 1. The number of nitriles is 1. The van der Waals surface area contributed by atoms with Crippen molar-refractivity contribution in [1.29, 1.82) is 5.26 Å². The van der Waals surface area contributed by atoms with Gasteiger partial charge in [0.15, 0.2) is 0 Å². The number of likely N-dealkylation sites (tertiary alicyclic amines) is 1. The smallest absolute Gasteiger partial charge is 0.370 e. The summed E-state index contributed by atoms with van der Waals surface area (Å²) < 4.78 is 41.2. The number of fused-ring (bicyclic) bond motifs is 1. The van der Waals surface area contributed by atoms with Crippen LogP contribution in [0.5, 0.6) is 0 Å². The molecular formula is C23H25F3N4O. The van der Waals surface area contributed by atoms with Gasteiger partial charge in [0.2, 0.25) is 0 Å². The topological polar surface area (TPSA) is 60.2 Å². The summed E-state index contributed by atoms with van der Waals surface area (Å²) >= 11 is 0. The highest BCUT2D eigenvalue weighted by molar-refractivity contribution is 5.95. The van der Waals surface area contributed by atoms with E-state index >= 15 is 0 Å². The van der Waals surface area contributed by atoms with Crippen LogP contribution in [0.25, 0.3) is 10.9 Å². The van der Waals surface area contributed by atoms with Crippen LogP contribution in [-0.2, 0) is 4.79 Å². The Labute approximate surface area is 179 Å². The number of aromatic nitrogens is 1. The molecule has 5 nitrogen and oxygen atoms in total. The molecule has 2 aliphatic rings. The predicted octanol–water partition coefficient (Wildman–Crippen LogP) is 4.02. The molecule has 2 aromatic rings. The number of benzene rings is 1. The molecule has 0 radical (unpaired) electrons. The monoisotopic (exact) mass is 430 g/mol. The van der Waals surface area contributed by atoms with E-state index in [2.05, 4.69) is 16.0 Å². The molecule has 0 N–H and O–H groups in total. The van der Waals surface area contributed by atoms with Crippen LogP contribution in [-0.4, -0.2) is 55.1 Å². The Balaban J connectivity index is 1.58. The SMILES string of the molecule is CN1CC(CC(=O)CC2CC(C(F)(F)F)CN(c3ccc(C#N)c4ncccc34)C2)C1. The zero-order valence-electron chi connectivity index (χ0n) is 17.4. The molecule has 0 amide bonds. The summed E-state index contributed by atoms with van der Waals surface area (Å²) in [6, 6.07) is 8.89. The van der Waals surface area contributed by atoms with Gasteiger partial charge >= 0.3 is 6.18 Å². The van der Waals surface area contributed by atoms with Crippen LogP contribution in [0.4, 0.5) is 18.9 Å². The number of alkyl halides is 3. The highest BCUT2D eigenvalue weighted by atomic mass is 19.4. The van der Waals surface area contributed by atoms with E-state index < -0.39 is 12.1 Å². The van der Waals surface area contributed by atoms with E-state index in [0.717, 1.165) is 13.1 Å². The number of hydrogen-bond donors (Lipinski definition) is 0. The van der Waals surface area contributed by atoms with E-state index in [9.17, 15) is 23.2 Å². The van der Waals surface area contributed by atoms with Crippen molar-refractivity contribution in [2.45, 2.75) is 25.4 Å². The molecule has 0 saturated carbocycles. The van der Waals surface area contributed by atoms with Crippen molar-refractivity contribution >= 4 is 22.4 Å². The lowest BCUT2D eigenvalue weighted by Crippen LogP contribution is -2.47. The minimum atomic E-state index is -4.32. The molecule has 0 bridgehead atoms. The fourth-order valence-electron chi connectivity index (χ4n) is 4.99. The van der Waals surface area contributed by atoms with E-state index in [-0.39, 0.29) is 31.1 Å². The van der Waals surface area contributed by atoms with Crippen LogP contribution in [0, 0.1) is 29.1 Å². The number of pyridine rings is 1. The van der Waals surface area contributed by atoms with E-state index in [4.69, 9.17) is 0 Å². The number of carbonyl (C=O) groups is 1. The number of nitrogens with zero attached hydrogens (tertiary/aromatic N) is 4. The fraction of sp³-hybridized carbons (Fsp3) is 0.522. The van der Waals surface area contributed by atoms with Crippen molar-refractivity contribution in [3.05, 3.63) is 36.0 Å². The summed E-state index contributed by atoms with van der Waals surface area (Å²) in [6.07, 6.45) is -2.15. The van der Waals surface area contributed by atoms with Gasteiger partial charge in [0.1, 0.15) is 11.9 Å². The zero-order chi connectivity index (χ0) is 22.2. The Morgan fingerprint density at radius 2 is 1.90 bits per heavy atom. The predicted molar refractivity (Wildman–Crippen MR) is 112 cm³/mol. The molecule has 1 aromatic carbocycles. The summed E-state index contributed by atoms with van der Waals surface area (Å²) in [5, 5.41) is 10.0. The molecule has 4 rings (SSSR count). The first-order chi connectivity index (χ1) is 14.7. The molecule has 8 heteroatoms. The van der Waals surface area contributed by atoms with E-state index in [1.807, 2.05) is 7.05 Å². The maximum Gasteiger partial charge on any atom is 0.393 e. The first-order valence-corrected chi connectivity index (χ1v) is 10.5. The molecule has 1 aromatic heterocycles. The summed E-state index contributed by atoms with van der Waals surface area (Å²) in [4.78, 5) is 20.7. The summed E-state index contributed by atoms with van der Waals surface area (Å²) in [5.41, 5.74) is 1.51. The minimum Gasteiger partial charge on any atom is -0.370 e. The molecule has 2 fully saturated rings. The minimum absolute atomic E-state index is 0.0250. The van der Waals surface area contributed by atoms with Crippen molar-refractivity contribution in [2.75, 3.05) is 38.1 Å². The Kier molecular flexibility index (Phi) is 5.89. The third kappa shape index (κ3) is 4.67. The summed E-state index contributed by atoms with van der Waals surface area (Å²) in [7, 11) is 1.99. The second kappa shape index (κ2) is 8.46. The number of ketones is 1. The van der Waals surface area contributed by atoms with Gasteiger partial charge < -0.3 is 9.80 Å². The molecule has 2 saturated heterocycles. The Hall–Kier alpha value is -2.66. The third-order valence-corrected chi connectivity index (χ3v) is 6.38. The highest BCUT2D eigenvalue weighted by Crippen LogP contribution is 2.40. The molecular weight excluding hydrogens is 405 g/mol.